The molecule has 0 spiro atoms. The van der Waals surface area contributed by atoms with E-state index in [9.17, 15) is 4.79 Å². The molecule has 1 fully saturated rings. The topological polar surface area (TPSA) is 55.1 Å². The number of hydrogen-bond acceptors (Lipinski definition) is 2. The monoisotopic (exact) mass is 260 g/mol. The molecular formula is C16H24N2O. The Morgan fingerprint density at radius 1 is 1.26 bits per heavy atom. The van der Waals surface area contributed by atoms with Crippen molar-refractivity contribution in [3.63, 3.8) is 0 Å². The molecule has 0 bridgehead atoms. The first-order chi connectivity index (χ1) is 9.20. The molecule has 0 aromatic heterocycles. The van der Waals surface area contributed by atoms with Gasteiger partial charge in [0.05, 0.1) is 0 Å². The Kier molecular flexibility index (Phi) is 4.97. The van der Waals surface area contributed by atoms with E-state index in [-0.39, 0.29) is 11.9 Å². The highest BCUT2D eigenvalue weighted by Gasteiger charge is 2.16. The second-order valence-electron chi connectivity index (χ2n) is 5.49. The molecule has 104 valence electrons. The van der Waals surface area contributed by atoms with Crippen LogP contribution in [0.5, 0.6) is 0 Å². The lowest BCUT2D eigenvalue weighted by atomic mass is 9.83. The van der Waals surface area contributed by atoms with Gasteiger partial charge in [-0.1, -0.05) is 43.5 Å². The van der Waals surface area contributed by atoms with Gasteiger partial charge in [-0.15, -0.1) is 0 Å². The lowest BCUT2D eigenvalue weighted by Crippen LogP contribution is -2.24. The number of benzene rings is 1. The van der Waals surface area contributed by atoms with Crippen molar-refractivity contribution >= 4 is 5.91 Å². The first-order valence-corrected chi connectivity index (χ1v) is 7.26. The van der Waals surface area contributed by atoms with Gasteiger partial charge in [-0.2, -0.15) is 0 Å². The van der Waals surface area contributed by atoms with Crippen LogP contribution in [-0.2, 0) is 4.79 Å². The quantitative estimate of drug-likeness (QED) is 0.874. The van der Waals surface area contributed by atoms with Crippen molar-refractivity contribution in [2.45, 2.75) is 50.5 Å². The maximum absolute atomic E-state index is 11.3. The van der Waals surface area contributed by atoms with Gasteiger partial charge in [0.25, 0.3) is 0 Å². The average Bonchev–Trinajstić information content (AvgIpc) is 2.48. The summed E-state index contributed by atoms with van der Waals surface area (Å²) in [6.45, 7) is 0. The Morgan fingerprint density at radius 2 is 1.89 bits per heavy atom. The second-order valence-corrected chi connectivity index (χ2v) is 5.49. The Labute approximate surface area is 115 Å². The van der Waals surface area contributed by atoms with E-state index >= 15 is 0 Å². The third-order valence-corrected chi connectivity index (χ3v) is 4.13. The van der Waals surface area contributed by atoms with Gasteiger partial charge in [0.1, 0.15) is 0 Å². The number of nitrogens with one attached hydrogen (secondary N) is 1. The highest BCUT2D eigenvalue weighted by atomic mass is 16.1. The van der Waals surface area contributed by atoms with Gasteiger partial charge in [0.15, 0.2) is 0 Å². The molecule has 1 aliphatic carbocycles. The zero-order valence-electron chi connectivity index (χ0n) is 11.7. The van der Waals surface area contributed by atoms with E-state index in [0.717, 1.165) is 11.5 Å². The summed E-state index contributed by atoms with van der Waals surface area (Å²) >= 11 is 0. The molecule has 1 unspecified atom stereocenters. The minimum absolute atomic E-state index is 0.0103. The van der Waals surface area contributed by atoms with Crippen LogP contribution in [0.4, 0.5) is 0 Å². The van der Waals surface area contributed by atoms with Crippen molar-refractivity contribution < 1.29 is 4.79 Å². The highest BCUT2D eigenvalue weighted by molar-refractivity contribution is 5.76. The average molecular weight is 260 g/mol. The second kappa shape index (κ2) is 6.71. The Hall–Kier alpha value is -1.35. The van der Waals surface area contributed by atoms with Crippen molar-refractivity contribution in [1.82, 2.24) is 5.32 Å². The molecule has 3 nitrogen and oxygen atoms in total. The van der Waals surface area contributed by atoms with Crippen LogP contribution in [0.15, 0.2) is 24.3 Å². The molecule has 1 atom stereocenters. The van der Waals surface area contributed by atoms with E-state index in [2.05, 4.69) is 29.6 Å². The highest BCUT2D eigenvalue weighted by Crippen LogP contribution is 2.32. The van der Waals surface area contributed by atoms with Crippen molar-refractivity contribution in [3.8, 4) is 0 Å². The van der Waals surface area contributed by atoms with E-state index in [4.69, 9.17) is 5.73 Å². The smallest absolute Gasteiger partial charge is 0.221 e. The van der Waals surface area contributed by atoms with Crippen molar-refractivity contribution in [2.24, 2.45) is 5.73 Å². The number of carbonyl (C=O) groups excluding carboxylic acids is 1. The van der Waals surface area contributed by atoms with Crippen molar-refractivity contribution in [3.05, 3.63) is 35.4 Å². The van der Waals surface area contributed by atoms with E-state index in [0.29, 0.717) is 6.42 Å². The van der Waals surface area contributed by atoms with Crippen molar-refractivity contribution in [1.29, 1.82) is 0 Å². The summed E-state index contributed by atoms with van der Waals surface area (Å²) in [6, 6.07) is 8.33. The van der Waals surface area contributed by atoms with Gasteiger partial charge in [-0.3, -0.25) is 4.79 Å². The molecule has 0 saturated heterocycles. The summed E-state index contributed by atoms with van der Waals surface area (Å²) in [5.74, 6) is 0.710. The fraction of sp³-hybridized carbons (Fsp3) is 0.562. The molecule has 3 N–H and O–H groups in total. The van der Waals surface area contributed by atoms with Crippen LogP contribution in [-0.4, -0.2) is 13.0 Å². The lowest BCUT2D eigenvalue weighted by molar-refractivity contribution is -0.120. The van der Waals surface area contributed by atoms with Crippen LogP contribution in [0.1, 0.15) is 61.6 Å². The number of carbonyl (C=O) groups is 1. The summed E-state index contributed by atoms with van der Waals surface area (Å²) in [4.78, 5) is 11.3. The fourth-order valence-electron chi connectivity index (χ4n) is 2.87. The summed E-state index contributed by atoms with van der Waals surface area (Å²) < 4.78 is 0. The van der Waals surface area contributed by atoms with Crippen molar-refractivity contribution in [2.75, 3.05) is 7.05 Å². The molecule has 1 aliphatic rings. The molecule has 1 amide bonds. The number of rotatable bonds is 4. The first-order valence-electron chi connectivity index (χ1n) is 7.26. The SMILES string of the molecule is CNC(=O)CC(N)c1ccc(C2CCCCC2)cc1. The predicted molar refractivity (Wildman–Crippen MR) is 77.9 cm³/mol. The largest absolute Gasteiger partial charge is 0.359 e. The van der Waals surface area contributed by atoms with Crippen LogP contribution >= 0.6 is 0 Å². The van der Waals surface area contributed by atoms with Crippen LogP contribution in [0, 0.1) is 0 Å². The van der Waals surface area contributed by atoms with Gasteiger partial charge in [-0.05, 0) is 29.9 Å². The van der Waals surface area contributed by atoms with E-state index in [1.165, 1.54) is 37.7 Å². The number of nitrogens with two attached hydrogens (primary N) is 1. The molecule has 19 heavy (non-hydrogen) atoms. The minimum atomic E-state index is -0.208. The van der Waals surface area contributed by atoms with Gasteiger partial charge in [0.2, 0.25) is 5.91 Å². The lowest BCUT2D eigenvalue weighted by Gasteiger charge is -2.22. The van der Waals surface area contributed by atoms with Gasteiger partial charge in [0, 0.05) is 19.5 Å². The van der Waals surface area contributed by atoms with Crippen LogP contribution < -0.4 is 11.1 Å². The summed E-state index contributed by atoms with van der Waals surface area (Å²) in [5, 5.41) is 2.61. The van der Waals surface area contributed by atoms with Gasteiger partial charge >= 0.3 is 0 Å². The number of amides is 1. The first kappa shape index (κ1) is 14.1. The third kappa shape index (κ3) is 3.80. The number of hydrogen-bond donors (Lipinski definition) is 2. The molecule has 3 heteroatoms. The zero-order valence-corrected chi connectivity index (χ0v) is 11.7. The molecule has 1 aromatic rings. The Bertz CT molecular complexity index is 407. The van der Waals surface area contributed by atoms with E-state index in [1.54, 1.807) is 7.05 Å². The molecule has 0 heterocycles. The summed E-state index contributed by atoms with van der Waals surface area (Å²) in [7, 11) is 1.64. The zero-order chi connectivity index (χ0) is 13.7. The maximum Gasteiger partial charge on any atom is 0.221 e. The standard InChI is InChI=1S/C16H24N2O/c1-18-16(19)11-15(17)14-9-7-13(8-10-14)12-5-3-2-4-6-12/h7-10,12,15H,2-6,11,17H2,1H3,(H,18,19). The predicted octanol–water partition coefficient (Wildman–Crippen LogP) is 2.87. The fourth-order valence-corrected chi connectivity index (χ4v) is 2.87. The Morgan fingerprint density at radius 3 is 2.47 bits per heavy atom. The molecule has 1 saturated carbocycles. The summed E-state index contributed by atoms with van der Waals surface area (Å²) in [6.07, 6.45) is 7.04. The molecule has 0 aliphatic heterocycles. The summed E-state index contributed by atoms with van der Waals surface area (Å²) in [5.41, 5.74) is 8.51. The normalized spacial score (nSPS) is 18.0. The molecule has 0 radical (unpaired) electrons. The van der Waals surface area contributed by atoms with Gasteiger partial charge in [-0.25, -0.2) is 0 Å². The maximum atomic E-state index is 11.3. The Balaban J connectivity index is 1.99. The van der Waals surface area contributed by atoms with Crippen LogP contribution in [0.25, 0.3) is 0 Å². The molecule has 2 rings (SSSR count). The third-order valence-electron chi connectivity index (χ3n) is 4.13. The van der Waals surface area contributed by atoms with E-state index in [1.807, 2.05) is 0 Å². The minimum Gasteiger partial charge on any atom is -0.359 e. The molecular weight excluding hydrogens is 236 g/mol. The van der Waals surface area contributed by atoms with Crippen LogP contribution in [0.2, 0.25) is 0 Å². The van der Waals surface area contributed by atoms with Crippen LogP contribution in [0.3, 0.4) is 0 Å². The van der Waals surface area contributed by atoms with E-state index < -0.39 is 0 Å². The molecule has 1 aromatic carbocycles. The van der Waals surface area contributed by atoms with Gasteiger partial charge < -0.3 is 11.1 Å².